The van der Waals surface area contributed by atoms with Gasteiger partial charge in [-0.05, 0) is 48.1 Å². The molecule has 0 bridgehead atoms. The quantitative estimate of drug-likeness (QED) is 0.503. The molecule has 0 aliphatic heterocycles. The molecule has 1 aromatic rings. The Morgan fingerprint density at radius 2 is 2.00 bits per heavy atom. The highest BCUT2D eigenvalue weighted by Gasteiger charge is 2.08. The molecule has 0 unspecified atom stereocenters. The molecule has 11 heavy (non-hydrogen) atoms. The number of aryl methyl sites for hydroxylation is 1. The van der Waals surface area contributed by atoms with E-state index in [9.17, 15) is 4.39 Å². The maximum absolute atomic E-state index is 13.1. The van der Waals surface area contributed by atoms with Crippen molar-refractivity contribution in [3.63, 3.8) is 0 Å². The Labute approximate surface area is 83.9 Å². The molecule has 60 valence electrons. The van der Waals surface area contributed by atoms with Crippen molar-refractivity contribution in [3.05, 3.63) is 31.6 Å². The maximum atomic E-state index is 13.1. The standard InChI is InChI=1S/C8H7ClFI/c1-4-3-6(11)8(10)5(2)7(4)9/h3H,1-2H3. The molecular weight excluding hydrogens is 277 g/mol. The molecule has 0 atom stereocenters. The van der Waals surface area contributed by atoms with Gasteiger partial charge in [0.15, 0.2) is 0 Å². The van der Waals surface area contributed by atoms with Crippen molar-refractivity contribution >= 4 is 34.2 Å². The third-order valence-electron chi connectivity index (χ3n) is 1.56. The molecule has 0 nitrogen and oxygen atoms in total. The first-order chi connectivity index (χ1) is 5.04. The number of rotatable bonds is 0. The fourth-order valence-corrected chi connectivity index (χ4v) is 1.90. The molecule has 0 aromatic heterocycles. The number of hydrogen-bond acceptors (Lipinski definition) is 0. The van der Waals surface area contributed by atoms with Crippen LogP contribution in [0.25, 0.3) is 0 Å². The molecule has 3 heteroatoms. The van der Waals surface area contributed by atoms with Crippen LogP contribution in [-0.2, 0) is 0 Å². The van der Waals surface area contributed by atoms with E-state index in [-0.39, 0.29) is 5.82 Å². The highest BCUT2D eigenvalue weighted by molar-refractivity contribution is 14.1. The topological polar surface area (TPSA) is 0 Å². The second-order valence-corrected chi connectivity index (χ2v) is 3.97. The van der Waals surface area contributed by atoms with Gasteiger partial charge in [-0.1, -0.05) is 11.6 Å². The fourth-order valence-electron chi connectivity index (χ4n) is 0.888. The Morgan fingerprint density at radius 3 is 2.55 bits per heavy atom. The Morgan fingerprint density at radius 1 is 1.45 bits per heavy atom. The van der Waals surface area contributed by atoms with Crippen LogP contribution in [0.4, 0.5) is 4.39 Å². The Balaban J connectivity index is 3.46. The van der Waals surface area contributed by atoms with Gasteiger partial charge in [0.1, 0.15) is 5.82 Å². The molecule has 0 radical (unpaired) electrons. The second-order valence-electron chi connectivity index (χ2n) is 2.43. The molecule has 0 fully saturated rings. The van der Waals surface area contributed by atoms with E-state index in [4.69, 9.17) is 11.6 Å². The first-order valence-corrected chi connectivity index (χ1v) is 4.60. The van der Waals surface area contributed by atoms with Gasteiger partial charge in [0.2, 0.25) is 0 Å². The minimum atomic E-state index is -0.207. The van der Waals surface area contributed by atoms with Crippen molar-refractivity contribution < 1.29 is 4.39 Å². The first-order valence-electron chi connectivity index (χ1n) is 3.14. The lowest BCUT2D eigenvalue weighted by molar-refractivity contribution is 0.610. The van der Waals surface area contributed by atoms with Gasteiger partial charge in [-0.2, -0.15) is 0 Å². The molecule has 0 aliphatic rings. The van der Waals surface area contributed by atoms with Gasteiger partial charge in [-0.3, -0.25) is 0 Å². The lowest BCUT2D eigenvalue weighted by Gasteiger charge is -2.04. The van der Waals surface area contributed by atoms with E-state index in [1.54, 1.807) is 13.0 Å². The van der Waals surface area contributed by atoms with E-state index in [0.29, 0.717) is 14.2 Å². The maximum Gasteiger partial charge on any atom is 0.140 e. The van der Waals surface area contributed by atoms with Crippen LogP contribution < -0.4 is 0 Å². The average molecular weight is 284 g/mol. The molecule has 1 rings (SSSR count). The third-order valence-corrected chi connectivity index (χ3v) is 2.92. The molecule has 0 spiro atoms. The summed E-state index contributed by atoms with van der Waals surface area (Å²) in [4.78, 5) is 0. The fraction of sp³-hybridized carbons (Fsp3) is 0.250. The Bertz CT molecular complexity index is 270. The lowest BCUT2D eigenvalue weighted by Crippen LogP contribution is -1.91. The number of halogens is 3. The van der Waals surface area contributed by atoms with Crippen molar-refractivity contribution in [3.8, 4) is 0 Å². The average Bonchev–Trinajstić information content (AvgIpc) is 1.97. The van der Waals surface area contributed by atoms with Gasteiger partial charge < -0.3 is 0 Å². The van der Waals surface area contributed by atoms with E-state index >= 15 is 0 Å². The van der Waals surface area contributed by atoms with Crippen LogP contribution in [-0.4, -0.2) is 0 Å². The molecule has 0 saturated heterocycles. The largest absolute Gasteiger partial charge is 0.205 e. The number of hydrogen-bond donors (Lipinski definition) is 0. The molecule has 0 N–H and O–H groups in total. The van der Waals surface area contributed by atoms with Crippen LogP contribution >= 0.6 is 34.2 Å². The van der Waals surface area contributed by atoms with Gasteiger partial charge in [0, 0.05) is 14.2 Å². The van der Waals surface area contributed by atoms with E-state index in [1.165, 1.54) is 0 Å². The van der Waals surface area contributed by atoms with E-state index in [0.717, 1.165) is 5.56 Å². The molecule has 0 saturated carbocycles. The Hall–Kier alpha value is 0.170. The van der Waals surface area contributed by atoms with Crippen molar-refractivity contribution in [2.75, 3.05) is 0 Å². The molecule has 0 amide bonds. The van der Waals surface area contributed by atoms with Gasteiger partial charge in [0.05, 0.1) is 0 Å². The molecule has 0 heterocycles. The zero-order chi connectivity index (χ0) is 8.59. The van der Waals surface area contributed by atoms with Crippen LogP contribution in [0.1, 0.15) is 11.1 Å². The highest BCUT2D eigenvalue weighted by Crippen LogP contribution is 2.26. The SMILES string of the molecule is Cc1cc(I)c(F)c(C)c1Cl. The summed E-state index contributed by atoms with van der Waals surface area (Å²) in [6, 6.07) is 1.74. The predicted molar refractivity (Wildman–Crippen MR) is 53.6 cm³/mol. The minimum Gasteiger partial charge on any atom is -0.205 e. The molecule has 1 aromatic carbocycles. The summed E-state index contributed by atoms with van der Waals surface area (Å²) in [6.45, 7) is 3.56. The van der Waals surface area contributed by atoms with Crippen LogP contribution in [0.15, 0.2) is 6.07 Å². The van der Waals surface area contributed by atoms with Gasteiger partial charge in [0.25, 0.3) is 0 Å². The summed E-state index contributed by atoms with van der Waals surface area (Å²) in [6.07, 6.45) is 0. The van der Waals surface area contributed by atoms with Crippen molar-refractivity contribution in [1.29, 1.82) is 0 Å². The first kappa shape index (κ1) is 9.26. The summed E-state index contributed by atoms with van der Waals surface area (Å²) < 4.78 is 13.7. The van der Waals surface area contributed by atoms with Crippen LogP contribution in [0.5, 0.6) is 0 Å². The third kappa shape index (κ3) is 1.67. The Kier molecular flexibility index (Phi) is 2.75. The van der Waals surface area contributed by atoms with E-state index < -0.39 is 0 Å². The predicted octanol–water partition coefficient (Wildman–Crippen LogP) is 3.70. The summed E-state index contributed by atoms with van der Waals surface area (Å²) in [5.74, 6) is -0.207. The summed E-state index contributed by atoms with van der Waals surface area (Å²) in [5, 5.41) is 0.530. The van der Waals surface area contributed by atoms with Crippen molar-refractivity contribution in [2.24, 2.45) is 0 Å². The van der Waals surface area contributed by atoms with Gasteiger partial charge in [-0.15, -0.1) is 0 Å². The smallest absolute Gasteiger partial charge is 0.140 e. The molecule has 0 aliphatic carbocycles. The highest BCUT2D eigenvalue weighted by atomic mass is 127. The van der Waals surface area contributed by atoms with Crippen molar-refractivity contribution in [1.82, 2.24) is 0 Å². The minimum absolute atomic E-state index is 0.207. The van der Waals surface area contributed by atoms with E-state index in [1.807, 2.05) is 29.5 Å². The summed E-state index contributed by atoms with van der Waals surface area (Å²) >= 11 is 7.77. The van der Waals surface area contributed by atoms with E-state index in [2.05, 4.69) is 0 Å². The van der Waals surface area contributed by atoms with Crippen LogP contribution in [0, 0.1) is 23.2 Å². The van der Waals surface area contributed by atoms with Crippen LogP contribution in [0.3, 0.4) is 0 Å². The summed E-state index contributed by atoms with van der Waals surface area (Å²) in [7, 11) is 0. The van der Waals surface area contributed by atoms with Gasteiger partial charge in [-0.25, -0.2) is 4.39 Å². The number of benzene rings is 1. The molecular formula is C8H7ClFI. The van der Waals surface area contributed by atoms with Gasteiger partial charge >= 0.3 is 0 Å². The lowest BCUT2D eigenvalue weighted by atomic mass is 10.1. The van der Waals surface area contributed by atoms with Crippen LogP contribution in [0.2, 0.25) is 5.02 Å². The second kappa shape index (κ2) is 3.27. The normalized spacial score (nSPS) is 10.3. The zero-order valence-corrected chi connectivity index (χ0v) is 9.12. The summed E-state index contributed by atoms with van der Waals surface area (Å²) in [5.41, 5.74) is 1.46. The monoisotopic (exact) mass is 284 g/mol. The zero-order valence-electron chi connectivity index (χ0n) is 6.21. The van der Waals surface area contributed by atoms with Crippen molar-refractivity contribution in [2.45, 2.75) is 13.8 Å².